The molecule has 0 bridgehead atoms. The van der Waals surface area contributed by atoms with Crippen molar-refractivity contribution in [1.82, 2.24) is 5.32 Å². The standard InChI is InChI=1S/C17H29NO/c1-7-18-12-17(4,5)9-8-15-10-13(2)16(19-6)14(3)11-15/h10-11,18H,7-9,12H2,1-6H3. The van der Waals surface area contributed by atoms with E-state index in [9.17, 15) is 0 Å². The van der Waals surface area contributed by atoms with Gasteiger partial charge in [0.05, 0.1) is 7.11 Å². The first-order chi connectivity index (χ1) is 8.89. The fourth-order valence-electron chi connectivity index (χ4n) is 2.54. The maximum atomic E-state index is 5.42. The molecule has 2 heteroatoms. The van der Waals surface area contributed by atoms with Gasteiger partial charge in [-0.2, -0.15) is 0 Å². The second-order valence-electron chi connectivity index (χ2n) is 6.21. The van der Waals surface area contributed by atoms with Crippen LogP contribution < -0.4 is 10.1 Å². The molecule has 1 rings (SSSR count). The molecule has 0 heterocycles. The van der Waals surface area contributed by atoms with E-state index < -0.39 is 0 Å². The highest BCUT2D eigenvalue weighted by molar-refractivity contribution is 5.43. The highest BCUT2D eigenvalue weighted by atomic mass is 16.5. The van der Waals surface area contributed by atoms with Crippen molar-refractivity contribution in [2.45, 2.75) is 47.5 Å². The van der Waals surface area contributed by atoms with Gasteiger partial charge in [-0.25, -0.2) is 0 Å². The summed E-state index contributed by atoms with van der Waals surface area (Å²) < 4.78 is 5.42. The first-order valence-electron chi connectivity index (χ1n) is 7.24. The van der Waals surface area contributed by atoms with Gasteiger partial charge in [0.25, 0.3) is 0 Å². The molecule has 1 aromatic rings. The van der Waals surface area contributed by atoms with Crippen LogP contribution in [-0.4, -0.2) is 20.2 Å². The Morgan fingerprint density at radius 3 is 2.21 bits per heavy atom. The van der Waals surface area contributed by atoms with Crippen LogP contribution in [0.25, 0.3) is 0 Å². The minimum absolute atomic E-state index is 0.345. The Balaban J connectivity index is 2.68. The minimum atomic E-state index is 0.345. The Hall–Kier alpha value is -1.02. The minimum Gasteiger partial charge on any atom is -0.496 e. The van der Waals surface area contributed by atoms with Crippen LogP contribution in [0.15, 0.2) is 12.1 Å². The average Bonchev–Trinajstić information content (AvgIpc) is 2.34. The number of hydrogen-bond acceptors (Lipinski definition) is 2. The lowest BCUT2D eigenvalue weighted by atomic mass is 9.85. The van der Waals surface area contributed by atoms with Gasteiger partial charge < -0.3 is 10.1 Å². The summed E-state index contributed by atoms with van der Waals surface area (Å²) >= 11 is 0. The summed E-state index contributed by atoms with van der Waals surface area (Å²) in [6, 6.07) is 4.52. The smallest absolute Gasteiger partial charge is 0.124 e. The molecule has 2 nitrogen and oxygen atoms in total. The number of rotatable bonds is 7. The van der Waals surface area contributed by atoms with E-state index in [1.54, 1.807) is 7.11 Å². The number of nitrogens with one attached hydrogen (secondary N) is 1. The van der Waals surface area contributed by atoms with Crippen LogP contribution in [0.3, 0.4) is 0 Å². The van der Waals surface area contributed by atoms with Crippen molar-refractivity contribution in [3.8, 4) is 5.75 Å². The van der Waals surface area contributed by atoms with E-state index >= 15 is 0 Å². The monoisotopic (exact) mass is 263 g/mol. The maximum absolute atomic E-state index is 5.42. The molecular formula is C17H29NO. The Morgan fingerprint density at radius 1 is 1.16 bits per heavy atom. The van der Waals surface area contributed by atoms with Gasteiger partial charge in [-0.05, 0) is 55.3 Å². The second-order valence-corrected chi connectivity index (χ2v) is 6.21. The lowest BCUT2D eigenvalue weighted by molar-refractivity contribution is 0.317. The van der Waals surface area contributed by atoms with E-state index in [2.05, 4.69) is 52.1 Å². The summed E-state index contributed by atoms with van der Waals surface area (Å²) in [6.45, 7) is 13.2. The molecule has 0 aromatic heterocycles. The normalized spacial score (nSPS) is 11.7. The molecule has 0 saturated heterocycles. The number of ether oxygens (including phenoxy) is 1. The molecule has 1 aromatic carbocycles. The zero-order chi connectivity index (χ0) is 14.5. The zero-order valence-corrected chi connectivity index (χ0v) is 13.4. The molecule has 0 aliphatic heterocycles. The van der Waals surface area contributed by atoms with Gasteiger partial charge in [0.15, 0.2) is 0 Å². The molecule has 0 amide bonds. The van der Waals surface area contributed by atoms with Crippen molar-refractivity contribution in [3.05, 3.63) is 28.8 Å². The SMILES string of the molecule is CCNCC(C)(C)CCc1cc(C)c(OC)c(C)c1. The summed E-state index contributed by atoms with van der Waals surface area (Å²) in [5, 5.41) is 3.45. The van der Waals surface area contributed by atoms with Gasteiger partial charge in [-0.1, -0.05) is 32.9 Å². The summed E-state index contributed by atoms with van der Waals surface area (Å²) in [6.07, 6.45) is 2.33. The third-order valence-electron chi connectivity index (χ3n) is 3.67. The van der Waals surface area contributed by atoms with Gasteiger partial charge in [-0.3, -0.25) is 0 Å². The van der Waals surface area contributed by atoms with E-state index in [0.717, 1.165) is 25.3 Å². The van der Waals surface area contributed by atoms with Crippen LogP contribution in [0, 0.1) is 19.3 Å². The fourth-order valence-corrected chi connectivity index (χ4v) is 2.54. The van der Waals surface area contributed by atoms with E-state index in [0.29, 0.717) is 5.41 Å². The molecule has 0 fully saturated rings. The van der Waals surface area contributed by atoms with E-state index in [4.69, 9.17) is 4.74 Å². The number of methoxy groups -OCH3 is 1. The summed E-state index contributed by atoms with van der Waals surface area (Å²) in [5.74, 6) is 1.02. The third-order valence-corrected chi connectivity index (χ3v) is 3.67. The van der Waals surface area contributed by atoms with Gasteiger partial charge in [-0.15, -0.1) is 0 Å². The molecule has 19 heavy (non-hydrogen) atoms. The Morgan fingerprint density at radius 2 is 1.74 bits per heavy atom. The van der Waals surface area contributed by atoms with Crippen LogP contribution >= 0.6 is 0 Å². The van der Waals surface area contributed by atoms with Gasteiger partial charge >= 0.3 is 0 Å². The highest BCUT2D eigenvalue weighted by Gasteiger charge is 2.17. The summed E-state index contributed by atoms with van der Waals surface area (Å²) in [5.41, 5.74) is 4.24. The van der Waals surface area contributed by atoms with E-state index in [1.807, 2.05) is 0 Å². The number of hydrogen-bond donors (Lipinski definition) is 1. The van der Waals surface area contributed by atoms with Crippen molar-refractivity contribution in [2.75, 3.05) is 20.2 Å². The zero-order valence-electron chi connectivity index (χ0n) is 13.4. The van der Waals surface area contributed by atoms with Crippen LogP contribution in [0.4, 0.5) is 0 Å². The predicted molar refractivity (Wildman–Crippen MR) is 83.1 cm³/mol. The number of benzene rings is 1. The maximum Gasteiger partial charge on any atom is 0.124 e. The average molecular weight is 263 g/mol. The second kappa shape index (κ2) is 6.95. The molecule has 0 saturated carbocycles. The lowest BCUT2D eigenvalue weighted by Gasteiger charge is -2.25. The largest absolute Gasteiger partial charge is 0.496 e. The van der Waals surface area contributed by atoms with E-state index in [-0.39, 0.29) is 0 Å². The third kappa shape index (κ3) is 4.87. The van der Waals surface area contributed by atoms with Crippen molar-refractivity contribution in [3.63, 3.8) is 0 Å². The van der Waals surface area contributed by atoms with Crippen LogP contribution in [0.1, 0.15) is 43.9 Å². The Kier molecular flexibility index (Phi) is 5.86. The van der Waals surface area contributed by atoms with E-state index in [1.165, 1.54) is 23.1 Å². The summed E-state index contributed by atoms with van der Waals surface area (Å²) in [4.78, 5) is 0. The van der Waals surface area contributed by atoms with Crippen molar-refractivity contribution in [1.29, 1.82) is 0 Å². The molecule has 0 aliphatic carbocycles. The molecule has 108 valence electrons. The molecule has 0 spiro atoms. The van der Waals surface area contributed by atoms with Crippen LogP contribution in [-0.2, 0) is 6.42 Å². The molecule has 1 N–H and O–H groups in total. The van der Waals surface area contributed by atoms with Gasteiger partial charge in [0.2, 0.25) is 0 Å². The highest BCUT2D eigenvalue weighted by Crippen LogP contribution is 2.27. The molecule has 0 atom stereocenters. The lowest BCUT2D eigenvalue weighted by Crippen LogP contribution is -2.29. The van der Waals surface area contributed by atoms with Gasteiger partial charge in [0, 0.05) is 6.54 Å². The van der Waals surface area contributed by atoms with Crippen LogP contribution in [0.5, 0.6) is 5.75 Å². The molecule has 0 radical (unpaired) electrons. The first-order valence-corrected chi connectivity index (χ1v) is 7.24. The first kappa shape index (κ1) is 16.0. The van der Waals surface area contributed by atoms with Crippen LogP contribution in [0.2, 0.25) is 0 Å². The molecule has 0 aliphatic rings. The quantitative estimate of drug-likeness (QED) is 0.806. The van der Waals surface area contributed by atoms with Crippen molar-refractivity contribution in [2.24, 2.45) is 5.41 Å². The molecule has 0 unspecified atom stereocenters. The number of aryl methyl sites for hydroxylation is 3. The molecular weight excluding hydrogens is 234 g/mol. The van der Waals surface area contributed by atoms with Crippen molar-refractivity contribution >= 4 is 0 Å². The fraction of sp³-hybridized carbons (Fsp3) is 0.647. The van der Waals surface area contributed by atoms with Gasteiger partial charge in [0.1, 0.15) is 5.75 Å². The Bertz CT molecular complexity index is 387. The topological polar surface area (TPSA) is 21.3 Å². The Labute approximate surface area is 118 Å². The van der Waals surface area contributed by atoms with Crippen molar-refractivity contribution < 1.29 is 4.74 Å². The predicted octanol–water partition coefficient (Wildman–Crippen LogP) is 3.88. The summed E-state index contributed by atoms with van der Waals surface area (Å²) in [7, 11) is 1.74.